The number of halogens is 2. The molecule has 140 valence electrons. The van der Waals surface area contributed by atoms with Crippen molar-refractivity contribution >= 4 is 23.1 Å². The van der Waals surface area contributed by atoms with Gasteiger partial charge in [0.1, 0.15) is 17.3 Å². The molecule has 4 rings (SSSR count). The van der Waals surface area contributed by atoms with Crippen LogP contribution in [0, 0.1) is 18.6 Å². The van der Waals surface area contributed by atoms with E-state index in [9.17, 15) is 13.6 Å². The number of aryl methyl sites for hydroxylation is 1. The van der Waals surface area contributed by atoms with Crippen LogP contribution in [0.3, 0.4) is 0 Å². The van der Waals surface area contributed by atoms with Crippen molar-refractivity contribution in [3.63, 3.8) is 0 Å². The first-order valence-electron chi connectivity index (χ1n) is 8.56. The zero-order valence-corrected chi connectivity index (χ0v) is 14.9. The van der Waals surface area contributed by atoms with Crippen LogP contribution in [0.25, 0.3) is 23.1 Å². The molecule has 0 aliphatic heterocycles. The highest BCUT2D eigenvalue weighted by molar-refractivity contribution is 5.79. The molecule has 0 amide bonds. The molecule has 2 aromatic heterocycles. The van der Waals surface area contributed by atoms with Crippen LogP contribution in [-0.4, -0.2) is 14.7 Å². The third kappa shape index (κ3) is 3.46. The largest absolute Gasteiger partial charge is 0.361 e. The fraction of sp³-hybridized carbons (Fsp3) is 0.0952. The lowest BCUT2D eigenvalue weighted by atomic mass is 10.2. The Morgan fingerprint density at radius 2 is 1.82 bits per heavy atom. The summed E-state index contributed by atoms with van der Waals surface area (Å²) >= 11 is 0. The molecular formula is C21H15F2N3O2. The molecule has 0 unspecified atom stereocenters. The molecule has 4 aromatic rings. The van der Waals surface area contributed by atoms with Gasteiger partial charge in [-0.1, -0.05) is 41.6 Å². The Hall–Kier alpha value is -3.61. The van der Waals surface area contributed by atoms with Crippen LogP contribution in [-0.2, 0) is 6.54 Å². The van der Waals surface area contributed by atoms with Crippen LogP contribution in [0.2, 0.25) is 0 Å². The molecule has 5 nitrogen and oxygen atoms in total. The molecule has 0 aliphatic rings. The van der Waals surface area contributed by atoms with Gasteiger partial charge in [-0.05, 0) is 24.6 Å². The maximum Gasteiger partial charge on any atom is 0.262 e. The van der Waals surface area contributed by atoms with Gasteiger partial charge in [0.05, 0.1) is 17.4 Å². The number of rotatable bonds is 4. The molecule has 0 radical (unpaired) electrons. The molecule has 28 heavy (non-hydrogen) atoms. The SMILES string of the molecule is Cc1cc(Cn2c(/C=C/c3ccccc3)nc3cc(F)c(F)cc3c2=O)no1. The first kappa shape index (κ1) is 17.8. The van der Waals surface area contributed by atoms with Gasteiger partial charge in [0, 0.05) is 12.1 Å². The summed E-state index contributed by atoms with van der Waals surface area (Å²) in [5.74, 6) is -1.25. The van der Waals surface area contributed by atoms with Crippen LogP contribution >= 0.6 is 0 Å². The Labute approximate surface area is 158 Å². The number of hydrogen-bond acceptors (Lipinski definition) is 4. The van der Waals surface area contributed by atoms with Crippen LogP contribution in [0.4, 0.5) is 8.78 Å². The van der Waals surface area contributed by atoms with E-state index < -0.39 is 17.2 Å². The predicted octanol–water partition coefficient (Wildman–Crippen LogP) is 4.19. The van der Waals surface area contributed by atoms with E-state index in [2.05, 4.69) is 10.1 Å². The summed E-state index contributed by atoms with van der Waals surface area (Å²) in [5.41, 5.74) is 1.03. The Morgan fingerprint density at radius 3 is 2.54 bits per heavy atom. The van der Waals surface area contributed by atoms with Crippen molar-refractivity contribution in [2.24, 2.45) is 0 Å². The highest BCUT2D eigenvalue weighted by Crippen LogP contribution is 2.16. The summed E-state index contributed by atoms with van der Waals surface area (Å²) in [6, 6.07) is 13.0. The molecule has 0 atom stereocenters. The van der Waals surface area contributed by atoms with Gasteiger partial charge in [-0.15, -0.1) is 0 Å². The van der Waals surface area contributed by atoms with Crippen LogP contribution in [0.1, 0.15) is 22.8 Å². The Kier molecular flexibility index (Phi) is 4.57. The molecule has 0 bridgehead atoms. The van der Waals surface area contributed by atoms with Crippen LogP contribution in [0.5, 0.6) is 0 Å². The lowest BCUT2D eigenvalue weighted by molar-refractivity contribution is 0.388. The van der Waals surface area contributed by atoms with Gasteiger partial charge in [-0.2, -0.15) is 0 Å². The molecular weight excluding hydrogens is 364 g/mol. The normalized spacial score (nSPS) is 11.5. The van der Waals surface area contributed by atoms with Gasteiger partial charge in [-0.25, -0.2) is 13.8 Å². The summed E-state index contributed by atoms with van der Waals surface area (Å²) in [6.07, 6.45) is 3.45. The summed E-state index contributed by atoms with van der Waals surface area (Å²) in [7, 11) is 0. The van der Waals surface area contributed by atoms with Crippen LogP contribution < -0.4 is 5.56 Å². The fourth-order valence-electron chi connectivity index (χ4n) is 2.90. The van der Waals surface area contributed by atoms with Gasteiger partial charge in [0.25, 0.3) is 5.56 Å². The first-order chi connectivity index (χ1) is 13.5. The van der Waals surface area contributed by atoms with Gasteiger partial charge >= 0.3 is 0 Å². The smallest absolute Gasteiger partial charge is 0.262 e. The molecule has 2 aromatic carbocycles. The van der Waals surface area contributed by atoms with E-state index in [-0.39, 0.29) is 17.4 Å². The summed E-state index contributed by atoms with van der Waals surface area (Å²) in [6.45, 7) is 1.83. The lowest BCUT2D eigenvalue weighted by Gasteiger charge is -2.10. The number of nitrogens with zero attached hydrogens (tertiary/aromatic N) is 3. The highest BCUT2D eigenvalue weighted by atomic mass is 19.2. The highest BCUT2D eigenvalue weighted by Gasteiger charge is 2.14. The van der Waals surface area contributed by atoms with Crippen molar-refractivity contribution in [1.82, 2.24) is 14.7 Å². The minimum absolute atomic E-state index is 0.00372. The van der Waals surface area contributed by atoms with E-state index in [0.29, 0.717) is 17.3 Å². The van der Waals surface area contributed by atoms with Crippen molar-refractivity contribution in [3.05, 3.63) is 93.4 Å². The van der Waals surface area contributed by atoms with Gasteiger partial charge in [0.15, 0.2) is 11.6 Å². The second-order valence-electron chi connectivity index (χ2n) is 6.32. The maximum atomic E-state index is 13.7. The second-order valence-corrected chi connectivity index (χ2v) is 6.32. The van der Waals surface area contributed by atoms with E-state index in [4.69, 9.17) is 4.52 Å². The monoisotopic (exact) mass is 379 g/mol. The molecule has 2 heterocycles. The van der Waals surface area contributed by atoms with Crippen molar-refractivity contribution < 1.29 is 13.3 Å². The molecule has 0 N–H and O–H groups in total. The van der Waals surface area contributed by atoms with Gasteiger partial charge in [0.2, 0.25) is 0 Å². The topological polar surface area (TPSA) is 60.9 Å². The van der Waals surface area contributed by atoms with Gasteiger partial charge in [-0.3, -0.25) is 9.36 Å². The number of benzene rings is 2. The predicted molar refractivity (Wildman–Crippen MR) is 102 cm³/mol. The summed E-state index contributed by atoms with van der Waals surface area (Å²) in [5, 5.41) is 3.90. The van der Waals surface area contributed by atoms with Crippen molar-refractivity contribution in [2.75, 3.05) is 0 Å². The Bertz CT molecular complexity index is 1240. The molecule has 0 aliphatic carbocycles. The standard InChI is InChI=1S/C21H15F2N3O2/c1-13-9-15(25-28-13)12-26-20(8-7-14-5-3-2-4-6-14)24-19-11-18(23)17(22)10-16(19)21(26)27/h2-11H,12H2,1H3/b8-7+. The molecule has 7 heteroatoms. The fourth-order valence-corrected chi connectivity index (χ4v) is 2.90. The Balaban J connectivity index is 1.89. The summed E-state index contributed by atoms with van der Waals surface area (Å²) in [4.78, 5) is 17.3. The zero-order chi connectivity index (χ0) is 19.7. The first-order valence-corrected chi connectivity index (χ1v) is 8.56. The lowest BCUT2D eigenvalue weighted by Crippen LogP contribution is -2.25. The van der Waals surface area contributed by atoms with E-state index in [1.807, 2.05) is 30.3 Å². The number of hydrogen-bond donors (Lipinski definition) is 0. The minimum atomic E-state index is -1.09. The van der Waals surface area contributed by atoms with Crippen LogP contribution in [0.15, 0.2) is 57.8 Å². The van der Waals surface area contributed by atoms with Crippen molar-refractivity contribution in [2.45, 2.75) is 13.5 Å². The Morgan fingerprint density at radius 1 is 1.07 bits per heavy atom. The third-order valence-corrected chi connectivity index (χ3v) is 4.25. The average Bonchev–Trinajstić information content (AvgIpc) is 3.10. The van der Waals surface area contributed by atoms with Crippen molar-refractivity contribution in [3.8, 4) is 0 Å². The third-order valence-electron chi connectivity index (χ3n) is 4.25. The molecule has 0 saturated heterocycles. The zero-order valence-electron chi connectivity index (χ0n) is 14.9. The van der Waals surface area contributed by atoms with Gasteiger partial charge < -0.3 is 4.52 Å². The molecule has 0 fully saturated rings. The summed E-state index contributed by atoms with van der Waals surface area (Å²) < 4.78 is 33.7. The molecule has 0 spiro atoms. The number of fused-ring (bicyclic) bond motifs is 1. The van der Waals surface area contributed by atoms with E-state index in [1.54, 1.807) is 25.1 Å². The molecule has 0 saturated carbocycles. The average molecular weight is 379 g/mol. The van der Waals surface area contributed by atoms with Crippen molar-refractivity contribution in [1.29, 1.82) is 0 Å². The van der Waals surface area contributed by atoms with E-state index in [1.165, 1.54) is 4.57 Å². The van der Waals surface area contributed by atoms with E-state index in [0.717, 1.165) is 17.7 Å². The minimum Gasteiger partial charge on any atom is -0.361 e. The number of aromatic nitrogens is 3. The quantitative estimate of drug-likeness (QED) is 0.533. The van der Waals surface area contributed by atoms with E-state index >= 15 is 0 Å². The maximum absolute atomic E-state index is 13.7. The second kappa shape index (κ2) is 7.19.